The quantitative estimate of drug-likeness (QED) is 0.894. The minimum atomic E-state index is -0.833. The van der Waals surface area contributed by atoms with Crippen molar-refractivity contribution in [3.05, 3.63) is 53.3 Å². The summed E-state index contributed by atoms with van der Waals surface area (Å²) < 4.78 is 25.4. The maximum atomic E-state index is 14.1. The summed E-state index contributed by atoms with van der Waals surface area (Å²) in [5, 5.41) is 19.2. The Morgan fingerprint density at radius 1 is 1.12 bits per heavy atom. The Bertz CT molecular complexity index is 723. The Kier molecular flexibility index (Phi) is 5.37. The van der Waals surface area contributed by atoms with Gasteiger partial charge < -0.3 is 19.7 Å². The first kappa shape index (κ1) is 17.9. The molecule has 0 radical (unpaired) electrons. The fraction of sp³-hybridized carbons (Fsp3) is 0.400. The van der Waals surface area contributed by atoms with E-state index < -0.39 is 12.2 Å². The predicted octanol–water partition coefficient (Wildman–Crippen LogP) is 3.00. The van der Waals surface area contributed by atoms with Crippen LogP contribution < -0.4 is 4.74 Å². The first-order valence-electron chi connectivity index (χ1n) is 8.42. The van der Waals surface area contributed by atoms with Crippen molar-refractivity contribution >= 4 is 0 Å². The van der Waals surface area contributed by atoms with Gasteiger partial charge in [0.2, 0.25) is 0 Å². The summed E-state index contributed by atoms with van der Waals surface area (Å²) in [5.41, 5.74) is 3.31. The highest BCUT2D eigenvalue weighted by Gasteiger charge is 2.28. The van der Waals surface area contributed by atoms with Gasteiger partial charge in [-0.1, -0.05) is 18.2 Å². The van der Waals surface area contributed by atoms with Crippen molar-refractivity contribution in [3.8, 4) is 16.9 Å². The van der Waals surface area contributed by atoms with E-state index in [2.05, 4.69) is 0 Å². The topological polar surface area (TPSA) is 58.9 Å². The monoisotopic (exact) mass is 346 g/mol. The molecule has 2 aromatic carbocycles. The van der Waals surface area contributed by atoms with Gasteiger partial charge in [-0.15, -0.1) is 0 Å². The van der Waals surface area contributed by atoms with Crippen LogP contribution in [0.2, 0.25) is 0 Å². The van der Waals surface area contributed by atoms with Crippen LogP contribution >= 0.6 is 0 Å². The van der Waals surface area contributed by atoms with Gasteiger partial charge in [0.05, 0.1) is 18.8 Å². The van der Waals surface area contributed by atoms with Crippen LogP contribution in [0, 0.1) is 19.7 Å². The molecular weight excluding hydrogens is 323 g/mol. The zero-order chi connectivity index (χ0) is 18.0. The third-order valence-corrected chi connectivity index (χ3v) is 4.54. The SMILES string of the molecule is Cc1cc(OC[C@@H]2C[C@@H](O)[C@@H](O)CO2)cc(C)c1-c1ccccc1F. The van der Waals surface area contributed by atoms with Gasteiger partial charge >= 0.3 is 0 Å². The smallest absolute Gasteiger partial charge is 0.131 e. The third kappa shape index (κ3) is 4.00. The molecule has 2 N–H and O–H groups in total. The molecule has 4 nitrogen and oxygen atoms in total. The number of hydrogen-bond acceptors (Lipinski definition) is 4. The summed E-state index contributed by atoms with van der Waals surface area (Å²) in [6, 6.07) is 10.5. The molecule has 3 atom stereocenters. The molecule has 0 saturated carbocycles. The van der Waals surface area contributed by atoms with Crippen molar-refractivity contribution < 1.29 is 24.1 Å². The van der Waals surface area contributed by atoms with Crippen molar-refractivity contribution in [3.63, 3.8) is 0 Å². The Labute approximate surface area is 146 Å². The number of hydrogen-bond donors (Lipinski definition) is 2. The molecule has 1 aliphatic rings. The summed E-state index contributed by atoms with van der Waals surface area (Å²) in [6.07, 6.45) is -1.53. The average Bonchev–Trinajstić information content (AvgIpc) is 2.57. The third-order valence-electron chi connectivity index (χ3n) is 4.54. The number of ether oxygens (including phenoxy) is 2. The van der Waals surface area contributed by atoms with E-state index in [-0.39, 0.29) is 18.5 Å². The summed E-state index contributed by atoms with van der Waals surface area (Å²) >= 11 is 0. The molecule has 3 rings (SSSR count). The minimum absolute atomic E-state index is 0.111. The zero-order valence-corrected chi connectivity index (χ0v) is 14.4. The molecule has 5 heteroatoms. The van der Waals surface area contributed by atoms with Crippen molar-refractivity contribution in [1.82, 2.24) is 0 Å². The molecule has 1 aliphatic heterocycles. The number of aliphatic hydroxyl groups is 2. The van der Waals surface area contributed by atoms with Gasteiger partial charge in [-0.05, 0) is 48.7 Å². The molecule has 0 aliphatic carbocycles. The maximum Gasteiger partial charge on any atom is 0.131 e. The molecule has 25 heavy (non-hydrogen) atoms. The highest BCUT2D eigenvalue weighted by molar-refractivity contribution is 5.72. The lowest BCUT2D eigenvalue weighted by atomic mass is 9.95. The van der Waals surface area contributed by atoms with Gasteiger partial charge in [0.25, 0.3) is 0 Å². The van der Waals surface area contributed by atoms with Crippen LogP contribution in [0.5, 0.6) is 5.75 Å². The molecule has 0 aromatic heterocycles. The van der Waals surface area contributed by atoms with Crippen molar-refractivity contribution in [2.75, 3.05) is 13.2 Å². The second kappa shape index (κ2) is 7.52. The maximum absolute atomic E-state index is 14.1. The molecular formula is C20H23FO4. The van der Waals surface area contributed by atoms with Crippen LogP contribution in [0.25, 0.3) is 11.1 Å². The van der Waals surface area contributed by atoms with E-state index in [9.17, 15) is 14.6 Å². The van der Waals surface area contributed by atoms with E-state index in [4.69, 9.17) is 9.47 Å². The Morgan fingerprint density at radius 2 is 1.80 bits per heavy atom. The van der Waals surface area contributed by atoms with E-state index in [1.165, 1.54) is 6.07 Å². The Hall–Kier alpha value is -1.95. The number of halogens is 1. The van der Waals surface area contributed by atoms with E-state index in [1.807, 2.05) is 32.0 Å². The Morgan fingerprint density at radius 3 is 2.44 bits per heavy atom. The van der Waals surface area contributed by atoms with Crippen molar-refractivity contribution in [1.29, 1.82) is 0 Å². The minimum Gasteiger partial charge on any atom is -0.491 e. The van der Waals surface area contributed by atoms with E-state index in [1.54, 1.807) is 12.1 Å². The summed E-state index contributed by atoms with van der Waals surface area (Å²) in [5.74, 6) is 0.435. The average molecular weight is 346 g/mol. The molecule has 1 saturated heterocycles. The van der Waals surface area contributed by atoms with E-state index in [0.717, 1.165) is 16.7 Å². The van der Waals surface area contributed by atoms with Crippen LogP contribution in [0.15, 0.2) is 36.4 Å². The molecule has 0 spiro atoms. The second-order valence-electron chi connectivity index (χ2n) is 6.55. The number of benzene rings is 2. The molecule has 1 heterocycles. The number of aliphatic hydroxyl groups excluding tert-OH is 2. The fourth-order valence-corrected chi connectivity index (χ4v) is 3.24. The highest BCUT2D eigenvalue weighted by Crippen LogP contribution is 2.32. The van der Waals surface area contributed by atoms with Gasteiger partial charge in [-0.25, -0.2) is 4.39 Å². The van der Waals surface area contributed by atoms with Crippen LogP contribution in [-0.2, 0) is 4.74 Å². The highest BCUT2D eigenvalue weighted by atomic mass is 19.1. The zero-order valence-electron chi connectivity index (χ0n) is 14.4. The van der Waals surface area contributed by atoms with Gasteiger partial charge in [0.15, 0.2) is 0 Å². The first-order valence-corrected chi connectivity index (χ1v) is 8.42. The lowest BCUT2D eigenvalue weighted by Gasteiger charge is -2.30. The van der Waals surface area contributed by atoms with Gasteiger partial charge in [0.1, 0.15) is 24.3 Å². The van der Waals surface area contributed by atoms with Crippen LogP contribution in [0.3, 0.4) is 0 Å². The summed E-state index contributed by atoms with van der Waals surface area (Å²) in [7, 11) is 0. The molecule has 0 unspecified atom stereocenters. The van der Waals surface area contributed by atoms with Crippen LogP contribution in [-0.4, -0.2) is 41.7 Å². The standard InChI is InChI=1S/C20H23FO4/c1-12-7-14(24-10-15-9-18(22)19(23)11-25-15)8-13(2)20(12)16-5-3-4-6-17(16)21/h3-8,15,18-19,22-23H,9-11H2,1-2H3/t15-,18+,19-/m0/s1. The molecule has 0 amide bonds. The number of aryl methyl sites for hydroxylation is 2. The van der Waals surface area contributed by atoms with Gasteiger partial charge in [-0.2, -0.15) is 0 Å². The second-order valence-corrected chi connectivity index (χ2v) is 6.55. The van der Waals surface area contributed by atoms with Crippen LogP contribution in [0.4, 0.5) is 4.39 Å². The van der Waals surface area contributed by atoms with Crippen molar-refractivity contribution in [2.24, 2.45) is 0 Å². The lowest BCUT2D eigenvalue weighted by Crippen LogP contribution is -2.43. The largest absolute Gasteiger partial charge is 0.491 e. The first-order chi connectivity index (χ1) is 12.0. The molecule has 0 bridgehead atoms. The fourth-order valence-electron chi connectivity index (χ4n) is 3.24. The molecule has 2 aromatic rings. The predicted molar refractivity (Wildman–Crippen MR) is 93.2 cm³/mol. The van der Waals surface area contributed by atoms with Crippen molar-refractivity contribution in [2.45, 2.75) is 38.6 Å². The summed E-state index contributed by atoms with van der Waals surface area (Å²) in [4.78, 5) is 0. The summed E-state index contributed by atoms with van der Waals surface area (Å²) in [6.45, 7) is 4.26. The van der Waals surface area contributed by atoms with E-state index >= 15 is 0 Å². The van der Waals surface area contributed by atoms with Gasteiger partial charge in [-0.3, -0.25) is 0 Å². The van der Waals surface area contributed by atoms with E-state index in [0.29, 0.717) is 24.3 Å². The normalized spacial score (nSPS) is 23.5. The number of rotatable bonds is 4. The molecule has 134 valence electrons. The molecule has 1 fully saturated rings. The van der Waals surface area contributed by atoms with Gasteiger partial charge in [0, 0.05) is 12.0 Å². The Balaban J connectivity index is 1.73. The van der Waals surface area contributed by atoms with Crippen LogP contribution in [0.1, 0.15) is 17.5 Å². The lowest BCUT2D eigenvalue weighted by molar-refractivity contribution is -0.129.